The Morgan fingerprint density at radius 2 is 1.83 bits per heavy atom. The second-order valence-corrected chi connectivity index (χ2v) is 5.48. The van der Waals surface area contributed by atoms with Gasteiger partial charge in [-0.3, -0.25) is 0 Å². The summed E-state index contributed by atoms with van der Waals surface area (Å²) in [6, 6.07) is 3.71. The molecule has 2 N–H and O–H groups in total. The first kappa shape index (κ1) is 13.5. The van der Waals surface area contributed by atoms with Crippen molar-refractivity contribution in [1.29, 1.82) is 0 Å². The Hall–Kier alpha value is -0.960. The van der Waals surface area contributed by atoms with E-state index in [1.807, 2.05) is 0 Å². The van der Waals surface area contributed by atoms with Crippen molar-refractivity contribution in [3.63, 3.8) is 0 Å². The summed E-state index contributed by atoms with van der Waals surface area (Å²) < 4.78 is 26.7. The molecule has 1 aliphatic carbocycles. The van der Waals surface area contributed by atoms with Gasteiger partial charge in [0.25, 0.3) is 0 Å². The Balaban J connectivity index is 2.03. The van der Waals surface area contributed by atoms with Gasteiger partial charge in [0, 0.05) is 0 Å². The minimum absolute atomic E-state index is 0.271. The van der Waals surface area contributed by atoms with Crippen molar-refractivity contribution in [2.24, 2.45) is 11.1 Å². The van der Waals surface area contributed by atoms with Crippen LogP contribution in [-0.2, 0) is 6.42 Å². The molecule has 3 heteroatoms. The van der Waals surface area contributed by atoms with Gasteiger partial charge in [0.2, 0.25) is 0 Å². The van der Waals surface area contributed by atoms with Crippen molar-refractivity contribution in [3.05, 3.63) is 35.4 Å². The van der Waals surface area contributed by atoms with Crippen molar-refractivity contribution in [2.75, 3.05) is 6.54 Å². The van der Waals surface area contributed by atoms with Gasteiger partial charge in [-0.2, -0.15) is 0 Å². The summed E-state index contributed by atoms with van der Waals surface area (Å²) >= 11 is 0. The predicted octanol–water partition coefficient (Wildman–Crippen LogP) is 3.81. The van der Waals surface area contributed by atoms with Crippen LogP contribution in [0.5, 0.6) is 0 Å². The molecule has 0 saturated heterocycles. The maximum atomic E-state index is 13.6. The van der Waals surface area contributed by atoms with Crippen molar-refractivity contribution >= 4 is 0 Å². The van der Waals surface area contributed by atoms with Gasteiger partial charge in [-0.05, 0) is 67.8 Å². The highest BCUT2D eigenvalue weighted by atomic mass is 19.1. The van der Waals surface area contributed by atoms with Crippen molar-refractivity contribution in [1.82, 2.24) is 0 Å². The number of rotatable bonds is 5. The van der Waals surface area contributed by atoms with Gasteiger partial charge >= 0.3 is 0 Å². The maximum absolute atomic E-state index is 13.6. The summed E-state index contributed by atoms with van der Waals surface area (Å²) in [6.45, 7) is 0.686. The Labute approximate surface area is 107 Å². The van der Waals surface area contributed by atoms with E-state index < -0.39 is 0 Å². The van der Waals surface area contributed by atoms with Gasteiger partial charge in [0.15, 0.2) is 0 Å². The molecule has 0 spiro atoms. The van der Waals surface area contributed by atoms with E-state index in [0.717, 1.165) is 12.8 Å². The van der Waals surface area contributed by atoms with Crippen LogP contribution >= 0.6 is 0 Å². The zero-order valence-electron chi connectivity index (χ0n) is 10.7. The fourth-order valence-electron chi connectivity index (χ4n) is 3.19. The lowest BCUT2D eigenvalue weighted by Gasteiger charge is -2.28. The quantitative estimate of drug-likeness (QED) is 0.848. The zero-order valence-corrected chi connectivity index (χ0v) is 10.7. The molecule has 1 aliphatic rings. The number of nitrogens with two attached hydrogens (primary N) is 1. The molecule has 0 bridgehead atoms. The molecule has 1 aromatic rings. The summed E-state index contributed by atoms with van der Waals surface area (Å²) in [6.07, 6.45) is 7.39. The molecule has 0 aliphatic heterocycles. The van der Waals surface area contributed by atoms with Gasteiger partial charge in [-0.15, -0.1) is 0 Å². The number of hydrogen-bond donors (Lipinski definition) is 1. The van der Waals surface area contributed by atoms with Gasteiger partial charge in [0.1, 0.15) is 11.6 Å². The zero-order chi connectivity index (χ0) is 13.0. The van der Waals surface area contributed by atoms with E-state index in [4.69, 9.17) is 5.73 Å². The summed E-state index contributed by atoms with van der Waals surface area (Å²) in [5.74, 6) is -0.650. The Bertz CT molecular complexity index is 397. The van der Waals surface area contributed by atoms with Gasteiger partial charge < -0.3 is 5.73 Å². The van der Waals surface area contributed by atoms with Crippen molar-refractivity contribution in [2.45, 2.75) is 44.9 Å². The van der Waals surface area contributed by atoms with E-state index in [9.17, 15) is 8.78 Å². The maximum Gasteiger partial charge on any atom is 0.126 e. The molecule has 0 radical (unpaired) electrons. The summed E-state index contributed by atoms with van der Waals surface area (Å²) in [7, 11) is 0. The van der Waals surface area contributed by atoms with E-state index >= 15 is 0 Å². The molecule has 0 unspecified atom stereocenters. The minimum atomic E-state index is -0.356. The molecule has 0 aromatic heterocycles. The van der Waals surface area contributed by atoms with Crippen LogP contribution in [0, 0.1) is 17.0 Å². The van der Waals surface area contributed by atoms with Crippen molar-refractivity contribution in [3.8, 4) is 0 Å². The van der Waals surface area contributed by atoms with Crippen LogP contribution in [0.1, 0.15) is 44.1 Å². The van der Waals surface area contributed by atoms with E-state index in [-0.39, 0.29) is 17.0 Å². The highest BCUT2D eigenvalue weighted by molar-refractivity contribution is 5.19. The smallest absolute Gasteiger partial charge is 0.126 e. The third kappa shape index (κ3) is 3.08. The Morgan fingerprint density at radius 1 is 1.11 bits per heavy atom. The van der Waals surface area contributed by atoms with Gasteiger partial charge in [-0.1, -0.05) is 12.8 Å². The van der Waals surface area contributed by atoms with Crippen LogP contribution in [0.3, 0.4) is 0 Å². The van der Waals surface area contributed by atoms with Crippen LogP contribution < -0.4 is 5.73 Å². The summed E-state index contributed by atoms with van der Waals surface area (Å²) in [5.41, 5.74) is 6.45. The number of aryl methyl sites for hydroxylation is 1. The number of halogens is 2. The van der Waals surface area contributed by atoms with E-state index in [1.165, 1.54) is 43.9 Å². The standard InChI is InChI=1S/C15H21F2N/c16-13-3-4-14(17)12(11-13)5-8-15(9-10-18)6-1-2-7-15/h3-4,11H,1-2,5-10,18H2. The molecule has 1 fully saturated rings. The average Bonchev–Trinajstić information content (AvgIpc) is 2.80. The molecule has 2 rings (SSSR count). The fraction of sp³-hybridized carbons (Fsp3) is 0.600. The molecule has 0 atom stereocenters. The normalized spacial score (nSPS) is 18.2. The molecule has 0 amide bonds. The van der Waals surface area contributed by atoms with Crippen LogP contribution in [0.4, 0.5) is 8.78 Å². The predicted molar refractivity (Wildman–Crippen MR) is 69.3 cm³/mol. The SMILES string of the molecule is NCCC1(CCc2cc(F)ccc2F)CCCC1. The highest BCUT2D eigenvalue weighted by Gasteiger charge is 2.32. The Kier molecular flexibility index (Phi) is 4.33. The second kappa shape index (κ2) is 5.79. The lowest BCUT2D eigenvalue weighted by atomic mass is 9.77. The Morgan fingerprint density at radius 3 is 2.50 bits per heavy atom. The topological polar surface area (TPSA) is 26.0 Å². The summed E-state index contributed by atoms with van der Waals surface area (Å²) in [4.78, 5) is 0. The third-order valence-electron chi connectivity index (χ3n) is 4.27. The van der Waals surface area contributed by atoms with Crippen LogP contribution in [0.25, 0.3) is 0 Å². The first-order chi connectivity index (χ1) is 8.65. The van der Waals surface area contributed by atoms with Gasteiger partial charge in [0.05, 0.1) is 0 Å². The van der Waals surface area contributed by atoms with E-state index in [1.54, 1.807) is 0 Å². The molecular formula is C15H21F2N. The van der Waals surface area contributed by atoms with E-state index in [2.05, 4.69) is 0 Å². The van der Waals surface area contributed by atoms with Crippen molar-refractivity contribution < 1.29 is 8.78 Å². The molecule has 0 heterocycles. The van der Waals surface area contributed by atoms with Crippen LogP contribution in [0.2, 0.25) is 0 Å². The molecule has 1 saturated carbocycles. The molecular weight excluding hydrogens is 232 g/mol. The lowest BCUT2D eigenvalue weighted by Crippen LogP contribution is -2.22. The second-order valence-electron chi connectivity index (χ2n) is 5.48. The summed E-state index contributed by atoms with van der Waals surface area (Å²) in [5, 5.41) is 0. The third-order valence-corrected chi connectivity index (χ3v) is 4.27. The van der Waals surface area contributed by atoms with Crippen LogP contribution in [0.15, 0.2) is 18.2 Å². The van der Waals surface area contributed by atoms with E-state index in [0.29, 0.717) is 18.5 Å². The van der Waals surface area contributed by atoms with Crippen LogP contribution in [-0.4, -0.2) is 6.54 Å². The number of benzene rings is 1. The fourth-order valence-corrected chi connectivity index (χ4v) is 3.19. The largest absolute Gasteiger partial charge is 0.330 e. The number of hydrogen-bond acceptors (Lipinski definition) is 1. The first-order valence-corrected chi connectivity index (χ1v) is 6.79. The first-order valence-electron chi connectivity index (χ1n) is 6.79. The molecule has 1 aromatic carbocycles. The lowest BCUT2D eigenvalue weighted by molar-refractivity contribution is 0.252. The molecule has 100 valence electrons. The monoisotopic (exact) mass is 253 g/mol. The van der Waals surface area contributed by atoms with Gasteiger partial charge in [-0.25, -0.2) is 8.78 Å². The highest BCUT2D eigenvalue weighted by Crippen LogP contribution is 2.44. The minimum Gasteiger partial charge on any atom is -0.330 e. The molecule has 18 heavy (non-hydrogen) atoms. The average molecular weight is 253 g/mol. The molecule has 1 nitrogen and oxygen atoms in total.